The summed E-state index contributed by atoms with van der Waals surface area (Å²) in [6.07, 6.45) is 3.22. The molecule has 1 N–H and O–H groups in total. The summed E-state index contributed by atoms with van der Waals surface area (Å²) in [5.74, 6) is 0.417. The minimum absolute atomic E-state index is 0.130. The van der Waals surface area contributed by atoms with Crippen LogP contribution in [0.2, 0.25) is 0 Å². The molecule has 2 saturated heterocycles. The summed E-state index contributed by atoms with van der Waals surface area (Å²) in [6, 6.07) is 8.09. The molecule has 32 heavy (non-hydrogen) atoms. The number of hydrogen-bond donors (Lipinski definition) is 1. The molecule has 1 aliphatic carbocycles. The minimum atomic E-state index is -3.53. The van der Waals surface area contributed by atoms with Crippen LogP contribution in [0, 0.1) is 11.3 Å². The van der Waals surface area contributed by atoms with Crippen LogP contribution < -0.4 is 5.32 Å². The first-order chi connectivity index (χ1) is 15.0. The van der Waals surface area contributed by atoms with Gasteiger partial charge in [-0.25, -0.2) is 18.1 Å². The summed E-state index contributed by atoms with van der Waals surface area (Å²) >= 11 is 0. The highest BCUT2D eigenvalue weighted by Gasteiger charge is 2.53. The van der Waals surface area contributed by atoms with Gasteiger partial charge in [0.25, 0.3) is 5.91 Å². The molecule has 1 spiro atoms. The van der Waals surface area contributed by atoms with Crippen molar-refractivity contribution < 1.29 is 18.0 Å². The van der Waals surface area contributed by atoms with Gasteiger partial charge >= 0.3 is 6.03 Å². The summed E-state index contributed by atoms with van der Waals surface area (Å²) in [4.78, 5) is 29.5. The second-order valence-corrected chi connectivity index (χ2v) is 12.3. The van der Waals surface area contributed by atoms with Gasteiger partial charge in [-0.1, -0.05) is 39.0 Å². The topological polar surface area (TPSA) is 90.0 Å². The zero-order valence-corrected chi connectivity index (χ0v) is 20.0. The average Bonchev–Trinajstić information content (AvgIpc) is 2.98. The number of sulfonamides is 1. The van der Waals surface area contributed by atoms with Crippen LogP contribution in [-0.2, 0) is 14.8 Å². The van der Waals surface area contributed by atoms with Crippen LogP contribution in [0.5, 0.6) is 0 Å². The number of piperazine rings is 1. The SMILES string of the molecule is CC(C)(C)C1CCC2(CC1)NC(=O)N(CN1CCN(S(=O)(=O)c3ccccc3)CC1)C2=O. The first kappa shape index (κ1) is 23.2. The average molecular weight is 463 g/mol. The summed E-state index contributed by atoms with van der Waals surface area (Å²) in [5, 5.41) is 2.99. The molecule has 0 radical (unpaired) electrons. The van der Waals surface area contributed by atoms with Crippen LogP contribution in [0.1, 0.15) is 46.5 Å². The number of benzene rings is 1. The van der Waals surface area contributed by atoms with Crippen molar-refractivity contribution in [3.8, 4) is 0 Å². The Balaban J connectivity index is 1.35. The number of urea groups is 1. The molecule has 1 aromatic rings. The summed E-state index contributed by atoms with van der Waals surface area (Å²) < 4.78 is 27.1. The highest BCUT2D eigenvalue weighted by atomic mass is 32.2. The Bertz CT molecular complexity index is 957. The van der Waals surface area contributed by atoms with Gasteiger partial charge in [-0.3, -0.25) is 9.69 Å². The standard InChI is InChI=1S/C23H34N4O4S/c1-22(2,3)18-9-11-23(12-10-18)20(28)27(21(29)24-23)17-25-13-15-26(16-14-25)32(30,31)19-7-5-4-6-8-19/h4-8,18H,9-17H2,1-3H3,(H,24,29). The smallest absolute Gasteiger partial charge is 0.323 e. The maximum atomic E-state index is 13.2. The summed E-state index contributed by atoms with van der Waals surface area (Å²) in [5.41, 5.74) is -0.565. The predicted octanol–water partition coefficient (Wildman–Crippen LogP) is 2.48. The van der Waals surface area contributed by atoms with Gasteiger partial charge < -0.3 is 5.32 Å². The van der Waals surface area contributed by atoms with Gasteiger partial charge in [0.05, 0.1) is 11.6 Å². The van der Waals surface area contributed by atoms with Crippen molar-refractivity contribution in [2.24, 2.45) is 11.3 Å². The molecular weight excluding hydrogens is 428 g/mol. The van der Waals surface area contributed by atoms with Gasteiger partial charge in [-0.15, -0.1) is 0 Å². The van der Waals surface area contributed by atoms with Crippen LogP contribution >= 0.6 is 0 Å². The van der Waals surface area contributed by atoms with Crippen LogP contribution in [0.15, 0.2) is 35.2 Å². The van der Waals surface area contributed by atoms with Gasteiger partial charge in [0.1, 0.15) is 5.54 Å². The van der Waals surface area contributed by atoms with E-state index in [0.717, 1.165) is 12.8 Å². The van der Waals surface area contributed by atoms with Gasteiger partial charge in [0.2, 0.25) is 10.0 Å². The molecule has 0 unspecified atom stereocenters. The van der Waals surface area contributed by atoms with E-state index < -0.39 is 15.6 Å². The van der Waals surface area contributed by atoms with Gasteiger partial charge in [0, 0.05) is 26.2 Å². The normalized spacial score (nSPS) is 28.3. The number of carbonyl (C=O) groups is 2. The lowest BCUT2D eigenvalue weighted by Gasteiger charge is -2.40. The Morgan fingerprint density at radius 2 is 1.59 bits per heavy atom. The third-order valence-corrected chi connectivity index (χ3v) is 9.28. The number of carbonyl (C=O) groups excluding carboxylic acids is 2. The Labute approximate surface area is 191 Å². The minimum Gasteiger partial charge on any atom is -0.323 e. The van der Waals surface area contributed by atoms with Crippen molar-refractivity contribution in [3.63, 3.8) is 0 Å². The molecule has 176 valence electrons. The van der Waals surface area contributed by atoms with Crippen LogP contribution in [0.25, 0.3) is 0 Å². The molecule has 0 atom stereocenters. The van der Waals surface area contributed by atoms with E-state index in [-0.39, 0.29) is 28.9 Å². The third-order valence-electron chi connectivity index (χ3n) is 7.36. The number of amides is 3. The summed E-state index contributed by atoms with van der Waals surface area (Å²) in [6.45, 7) is 8.51. The molecule has 1 aromatic carbocycles. The van der Waals surface area contributed by atoms with Crippen molar-refractivity contribution in [3.05, 3.63) is 30.3 Å². The fourth-order valence-electron chi connectivity index (χ4n) is 5.17. The number of imide groups is 1. The first-order valence-electron chi connectivity index (χ1n) is 11.4. The van der Waals surface area contributed by atoms with E-state index in [1.54, 1.807) is 30.3 Å². The van der Waals surface area contributed by atoms with Gasteiger partial charge in [-0.05, 0) is 49.1 Å². The molecule has 0 bridgehead atoms. The van der Waals surface area contributed by atoms with Crippen LogP contribution in [-0.4, -0.2) is 72.8 Å². The number of hydrogen-bond acceptors (Lipinski definition) is 5. The quantitative estimate of drug-likeness (QED) is 0.695. The molecule has 0 aromatic heterocycles. The molecular formula is C23H34N4O4S. The zero-order chi connectivity index (χ0) is 23.1. The predicted molar refractivity (Wildman–Crippen MR) is 121 cm³/mol. The monoisotopic (exact) mass is 462 g/mol. The van der Waals surface area contributed by atoms with Crippen LogP contribution in [0.4, 0.5) is 4.79 Å². The lowest BCUT2D eigenvalue weighted by Crippen LogP contribution is -2.53. The van der Waals surface area contributed by atoms with E-state index in [9.17, 15) is 18.0 Å². The fourth-order valence-corrected chi connectivity index (χ4v) is 6.62. The second-order valence-electron chi connectivity index (χ2n) is 10.4. The zero-order valence-electron chi connectivity index (χ0n) is 19.2. The lowest BCUT2D eigenvalue weighted by atomic mass is 9.67. The Morgan fingerprint density at radius 1 is 1.00 bits per heavy atom. The molecule has 2 heterocycles. The van der Waals surface area contributed by atoms with Crippen molar-refractivity contribution in [1.82, 2.24) is 19.4 Å². The molecule has 4 rings (SSSR count). The lowest BCUT2D eigenvalue weighted by molar-refractivity contribution is -0.134. The van der Waals surface area contributed by atoms with E-state index in [1.807, 2.05) is 4.90 Å². The molecule has 3 amide bonds. The highest BCUT2D eigenvalue weighted by molar-refractivity contribution is 7.89. The number of nitrogens with one attached hydrogen (secondary N) is 1. The van der Waals surface area contributed by atoms with E-state index in [2.05, 4.69) is 26.1 Å². The van der Waals surface area contributed by atoms with Crippen LogP contribution in [0.3, 0.4) is 0 Å². The summed E-state index contributed by atoms with van der Waals surface area (Å²) in [7, 11) is -3.53. The Hall–Kier alpha value is -1.97. The largest absolute Gasteiger partial charge is 0.326 e. The molecule has 8 nitrogen and oxygen atoms in total. The van der Waals surface area contributed by atoms with Crippen molar-refractivity contribution in [2.75, 3.05) is 32.8 Å². The Kier molecular flexibility index (Phi) is 6.11. The molecule has 9 heteroatoms. The van der Waals surface area contributed by atoms with E-state index in [4.69, 9.17) is 0 Å². The van der Waals surface area contributed by atoms with E-state index in [1.165, 1.54) is 9.21 Å². The molecule has 1 saturated carbocycles. The number of nitrogens with zero attached hydrogens (tertiary/aromatic N) is 3. The maximum absolute atomic E-state index is 13.2. The third kappa shape index (κ3) is 4.30. The molecule has 3 aliphatic rings. The fraction of sp³-hybridized carbons (Fsp3) is 0.652. The van der Waals surface area contributed by atoms with Gasteiger partial charge in [0.15, 0.2) is 0 Å². The second kappa shape index (κ2) is 8.43. The van der Waals surface area contributed by atoms with Crippen molar-refractivity contribution >= 4 is 22.0 Å². The Morgan fingerprint density at radius 3 is 2.16 bits per heavy atom. The van der Waals surface area contributed by atoms with Crippen molar-refractivity contribution in [1.29, 1.82) is 0 Å². The van der Waals surface area contributed by atoms with Gasteiger partial charge in [-0.2, -0.15) is 4.31 Å². The van der Waals surface area contributed by atoms with E-state index >= 15 is 0 Å². The molecule has 3 fully saturated rings. The highest BCUT2D eigenvalue weighted by Crippen LogP contribution is 2.43. The number of rotatable bonds is 4. The maximum Gasteiger partial charge on any atom is 0.326 e. The van der Waals surface area contributed by atoms with E-state index in [0.29, 0.717) is 44.9 Å². The first-order valence-corrected chi connectivity index (χ1v) is 12.9. The van der Waals surface area contributed by atoms with Crippen molar-refractivity contribution in [2.45, 2.75) is 56.9 Å². The molecule has 2 aliphatic heterocycles.